The van der Waals surface area contributed by atoms with Gasteiger partial charge in [-0.1, -0.05) is 24.3 Å². The molecule has 1 aromatic carbocycles. The Morgan fingerprint density at radius 2 is 1.73 bits per heavy atom. The number of carbonyl (C=O) groups excluding carboxylic acids is 1. The van der Waals surface area contributed by atoms with Gasteiger partial charge in [0, 0.05) is 43.4 Å². The first-order chi connectivity index (χ1) is 14.3. The Balaban J connectivity index is 1.74. The Bertz CT molecular complexity index is 1160. The van der Waals surface area contributed by atoms with Crippen molar-refractivity contribution < 1.29 is 13.2 Å². The normalized spacial score (nSPS) is 19.9. The number of benzene rings is 1. The number of H-pyrrole nitrogens is 1. The van der Waals surface area contributed by atoms with Gasteiger partial charge in [-0.3, -0.25) is 9.59 Å². The average molecular weight is 428 g/mol. The largest absolute Gasteiger partial charge is 0.350 e. The highest BCUT2D eigenvalue weighted by Crippen LogP contribution is 2.38. The van der Waals surface area contributed by atoms with Crippen molar-refractivity contribution in [3.05, 3.63) is 69.6 Å². The number of aromatic nitrogens is 1. The molecule has 2 aliphatic rings. The number of hydrogen-bond acceptors (Lipinski definition) is 4. The minimum atomic E-state index is -3.53. The van der Waals surface area contributed by atoms with Gasteiger partial charge in [0.1, 0.15) is 0 Å². The Kier molecular flexibility index (Phi) is 5.38. The van der Waals surface area contributed by atoms with Gasteiger partial charge in [-0.05, 0) is 48.9 Å². The molecule has 2 aromatic rings. The maximum Gasteiger partial charge on any atom is 0.251 e. The predicted octanol–water partition coefficient (Wildman–Crippen LogP) is 2.21. The zero-order valence-corrected chi connectivity index (χ0v) is 17.8. The number of aromatic amines is 1. The van der Waals surface area contributed by atoms with Crippen molar-refractivity contribution in [2.45, 2.75) is 42.5 Å². The molecule has 1 saturated heterocycles. The topological polar surface area (TPSA) is 99.3 Å². The van der Waals surface area contributed by atoms with Gasteiger partial charge in [-0.25, -0.2) is 12.7 Å². The van der Waals surface area contributed by atoms with Crippen LogP contribution in [0.4, 0.5) is 0 Å². The molecule has 1 aliphatic heterocycles. The number of nitrogens with zero attached hydrogens (tertiary/aromatic N) is 1. The molecule has 2 fully saturated rings. The Labute approximate surface area is 175 Å². The fourth-order valence-corrected chi connectivity index (χ4v) is 4.58. The molecule has 1 saturated carbocycles. The number of pyridine rings is 1. The van der Waals surface area contributed by atoms with Crippen molar-refractivity contribution in [1.82, 2.24) is 14.6 Å². The lowest BCUT2D eigenvalue weighted by Gasteiger charge is -2.15. The van der Waals surface area contributed by atoms with Crippen LogP contribution in [0.25, 0.3) is 5.57 Å². The minimum absolute atomic E-state index is 0.000555. The maximum atomic E-state index is 12.6. The van der Waals surface area contributed by atoms with Crippen LogP contribution in [0.5, 0.6) is 0 Å². The van der Waals surface area contributed by atoms with E-state index in [4.69, 9.17) is 0 Å². The van der Waals surface area contributed by atoms with E-state index in [0.717, 1.165) is 29.5 Å². The van der Waals surface area contributed by atoms with Gasteiger partial charge in [0.05, 0.1) is 4.90 Å². The Hall–Kier alpha value is -2.71. The number of amides is 1. The molecule has 4 rings (SSSR count). The van der Waals surface area contributed by atoms with Crippen LogP contribution in [0, 0.1) is 0 Å². The molecule has 1 atom stereocenters. The van der Waals surface area contributed by atoms with E-state index in [2.05, 4.69) is 10.3 Å². The second-order valence-electron chi connectivity index (χ2n) is 8.04. The van der Waals surface area contributed by atoms with Crippen LogP contribution in [0.3, 0.4) is 0 Å². The second kappa shape index (κ2) is 7.85. The highest BCUT2D eigenvalue weighted by molar-refractivity contribution is 7.89. The molecular weight excluding hydrogens is 402 g/mol. The lowest BCUT2D eigenvalue weighted by atomic mass is 9.98. The summed E-state index contributed by atoms with van der Waals surface area (Å²) in [5, 5.41) is 2.92. The lowest BCUT2D eigenvalue weighted by molar-refractivity contribution is -0.119. The first-order valence-corrected chi connectivity index (χ1v) is 11.5. The van der Waals surface area contributed by atoms with E-state index >= 15 is 0 Å². The van der Waals surface area contributed by atoms with Gasteiger partial charge in [-0.2, -0.15) is 0 Å². The van der Waals surface area contributed by atoms with E-state index in [0.29, 0.717) is 24.5 Å². The third kappa shape index (κ3) is 4.11. The molecular formula is C22H25N3O4S. The van der Waals surface area contributed by atoms with Crippen molar-refractivity contribution in [2.24, 2.45) is 0 Å². The first kappa shape index (κ1) is 20.6. The second-order valence-corrected chi connectivity index (χ2v) is 10.2. The Morgan fingerprint density at radius 1 is 1.03 bits per heavy atom. The van der Waals surface area contributed by atoms with Gasteiger partial charge in [-0.15, -0.1) is 0 Å². The van der Waals surface area contributed by atoms with Crippen LogP contribution in [0.2, 0.25) is 0 Å². The van der Waals surface area contributed by atoms with E-state index in [1.807, 2.05) is 18.2 Å². The van der Waals surface area contributed by atoms with Gasteiger partial charge in [0.2, 0.25) is 15.9 Å². The molecule has 30 heavy (non-hydrogen) atoms. The SMILES string of the molecule is CN(C)S(=O)(=O)c1ccc(/C(=C\[C@H]2CCC(=O)N2)c2ccc(C3CC3)c(=O)[nH]2)cc1. The van der Waals surface area contributed by atoms with E-state index in [1.165, 1.54) is 18.4 Å². The van der Waals surface area contributed by atoms with Gasteiger partial charge < -0.3 is 10.3 Å². The summed E-state index contributed by atoms with van der Waals surface area (Å²) in [5.41, 5.74) is 2.88. The number of rotatable bonds is 6. The standard InChI is InChI=1S/C22H25N3O4S/c1-25(2)30(28,29)17-8-5-15(6-9-17)19(13-16-7-12-21(26)23-16)20-11-10-18(14-3-4-14)22(27)24-20/h5-6,8-11,13-14,16H,3-4,7,12H2,1-2H3,(H,23,26)(H,24,27)/b19-13+/t16-/m1/s1. The van der Waals surface area contributed by atoms with Crippen molar-refractivity contribution in [3.8, 4) is 0 Å². The first-order valence-electron chi connectivity index (χ1n) is 10.0. The summed E-state index contributed by atoms with van der Waals surface area (Å²) < 4.78 is 25.9. The summed E-state index contributed by atoms with van der Waals surface area (Å²) in [6.07, 6.45) is 5.16. The number of carbonyl (C=O) groups is 1. The summed E-state index contributed by atoms with van der Waals surface area (Å²) in [7, 11) is -0.550. The van der Waals surface area contributed by atoms with Crippen molar-refractivity contribution in [2.75, 3.05) is 14.1 Å². The Morgan fingerprint density at radius 3 is 2.27 bits per heavy atom. The highest BCUT2D eigenvalue weighted by atomic mass is 32.2. The van der Waals surface area contributed by atoms with Gasteiger partial charge in [0.25, 0.3) is 5.56 Å². The summed E-state index contributed by atoms with van der Waals surface area (Å²) in [5.74, 6) is 0.348. The molecule has 7 nitrogen and oxygen atoms in total. The zero-order valence-electron chi connectivity index (χ0n) is 17.0. The highest BCUT2D eigenvalue weighted by Gasteiger charge is 2.27. The van der Waals surface area contributed by atoms with Crippen molar-refractivity contribution in [3.63, 3.8) is 0 Å². The molecule has 2 N–H and O–H groups in total. The molecule has 0 spiro atoms. The van der Waals surface area contributed by atoms with E-state index in [9.17, 15) is 18.0 Å². The van der Waals surface area contributed by atoms with Crippen LogP contribution < -0.4 is 10.9 Å². The fraction of sp³-hybridized carbons (Fsp3) is 0.364. The van der Waals surface area contributed by atoms with E-state index in [-0.39, 0.29) is 22.4 Å². The average Bonchev–Trinajstić information content (AvgIpc) is 3.47. The third-order valence-corrected chi connectivity index (χ3v) is 7.42. The molecule has 2 heterocycles. The summed E-state index contributed by atoms with van der Waals surface area (Å²) >= 11 is 0. The minimum Gasteiger partial charge on any atom is -0.350 e. The van der Waals surface area contributed by atoms with Crippen molar-refractivity contribution in [1.29, 1.82) is 0 Å². The lowest BCUT2D eigenvalue weighted by Crippen LogP contribution is -2.24. The monoisotopic (exact) mass is 427 g/mol. The van der Waals surface area contributed by atoms with Gasteiger partial charge >= 0.3 is 0 Å². The van der Waals surface area contributed by atoms with Crippen LogP contribution in [-0.2, 0) is 14.8 Å². The van der Waals surface area contributed by atoms with E-state index in [1.54, 1.807) is 24.3 Å². The van der Waals surface area contributed by atoms with Crippen LogP contribution in [0.1, 0.15) is 48.4 Å². The third-order valence-electron chi connectivity index (χ3n) is 5.59. The van der Waals surface area contributed by atoms with Crippen molar-refractivity contribution >= 4 is 21.5 Å². The summed E-state index contributed by atoms with van der Waals surface area (Å²) in [4.78, 5) is 27.4. The summed E-state index contributed by atoms with van der Waals surface area (Å²) in [6.45, 7) is 0. The smallest absolute Gasteiger partial charge is 0.251 e. The zero-order chi connectivity index (χ0) is 21.5. The molecule has 1 amide bonds. The quantitative estimate of drug-likeness (QED) is 0.738. The van der Waals surface area contributed by atoms with Crippen LogP contribution in [-0.4, -0.2) is 43.8 Å². The molecule has 0 bridgehead atoms. The predicted molar refractivity (Wildman–Crippen MR) is 115 cm³/mol. The maximum absolute atomic E-state index is 12.6. The van der Waals surface area contributed by atoms with E-state index < -0.39 is 10.0 Å². The molecule has 0 unspecified atom stereocenters. The van der Waals surface area contributed by atoms with Gasteiger partial charge in [0.15, 0.2) is 0 Å². The summed E-state index contributed by atoms with van der Waals surface area (Å²) in [6, 6.07) is 10.2. The number of sulfonamides is 1. The number of hydrogen-bond donors (Lipinski definition) is 2. The molecule has 158 valence electrons. The van der Waals surface area contributed by atoms with Crippen LogP contribution in [0.15, 0.2) is 52.2 Å². The molecule has 0 radical (unpaired) electrons. The molecule has 1 aromatic heterocycles. The fourth-order valence-electron chi connectivity index (χ4n) is 3.68. The van der Waals surface area contributed by atoms with Crippen LogP contribution >= 0.6 is 0 Å². The molecule has 1 aliphatic carbocycles. The number of nitrogens with one attached hydrogen (secondary N) is 2. The molecule has 8 heteroatoms.